The zero-order chi connectivity index (χ0) is 46.5. The summed E-state index contributed by atoms with van der Waals surface area (Å²) in [6, 6.07) is 18.2. The van der Waals surface area contributed by atoms with Gasteiger partial charge in [-0.1, -0.05) is 18.2 Å². The molecule has 2 saturated heterocycles. The van der Waals surface area contributed by atoms with Gasteiger partial charge in [-0.3, -0.25) is 44.1 Å². The number of aromatic amines is 1. The van der Waals surface area contributed by atoms with Crippen molar-refractivity contribution in [2.45, 2.75) is 44.1 Å². The van der Waals surface area contributed by atoms with Gasteiger partial charge in [-0.25, -0.2) is 9.97 Å². The Bertz CT molecular complexity index is 2540. The molecule has 21 nitrogen and oxygen atoms in total. The molecule has 5 aromatic rings. The molecule has 1 unspecified atom stereocenters. The van der Waals surface area contributed by atoms with Crippen molar-refractivity contribution in [1.29, 1.82) is 0 Å². The summed E-state index contributed by atoms with van der Waals surface area (Å²) < 4.78 is 24.1. The van der Waals surface area contributed by atoms with Crippen molar-refractivity contribution in [3.8, 4) is 17.2 Å². The van der Waals surface area contributed by atoms with Crippen molar-refractivity contribution in [3.05, 3.63) is 102 Å². The summed E-state index contributed by atoms with van der Waals surface area (Å²) in [5.74, 6) is -1.49. The predicted molar refractivity (Wildman–Crippen MR) is 239 cm³/mol. The van der Waals surface area contributed by atoms with Crippen molar-refractivity contribution in [1.82, 2.24) is 45.1 Å². The molecule has 4 aromatic heterocycles. The fourth-order valence-corrected chi connectivity index (χ4v) is 8.06. The molecule has 0 saturated carbocycles. The molecule has 0 radical (unpaired) electrons. The third-order valence-corrected chi connectivity index (χ3v) is 11.5. The summed E-state index contributed by atoms with van der Waals surface area (Å²) >= 11 is 0. The van der Waals surface area contributed by atoms with E-state index in [2.05, 4.69) is 36.1 Å². The number of nitrogens with zero attached hydrogens (tertiary/aromatic N) is 7. The van der Waals surface area contributed by atoms with Gasteiger partial charge in [-0.2, -0.15) is 14.9 Å². The van der Waals surface area contributed by atoms with E-state index in [0.29, 0.717) is 107 Å². The highest BCUT2D eigenvalue weighted by Gasteiger charge is 2.45. The number of piperidine rings is 2. The van der Waals surface area contributed by atoms with Crippen LogP contribution in [0.5, 0.6) is 0 Å². The molecular weight excluding hydrogens is 867 g/mol. The fourth-order valence-electron chi connectivity index (χ4n) is 8.06. The van der Waals surface area contributed by atoms with E-state index in [1.165, 1.54) is 0 Å². The van der Waals surface area contributed by atoms with Gasteiger partial charge >= 0.3 is 0 Å². The molecule has 3 aliphatic heterocycles. The lowest BCUT2D eigenvalue weighted by Gasteiger charge is -2.31. The van der Waals surface area contributed by atoms with Crippen LogP contribution in [0.2, 0.25) is 0 Å². The fraction of sp³-hybridized carbons (Fsp3) is 0.391. The number of ether oxygens (including phenoxy) is 4. The van der Waals surface area contributed by atoms with E-state index >= 15 is 0 Å². The van der Waals surface area contributed by atoms with E-state index in [-0.39, 0.29) is 54.5 Å². The van der Waals surface area contributed by atoms with Crippen molar-refractivity contribution in [2.24, 2.45) is 0 Å². The Balaban J connectivity index is 0.668. The van der Waals surface area contributed by atoms with Crippen molar-refractivity contribution < 1.29 is 47.7 Å². The summed E-state index contributed by atoms with van der Waals surface area (Å²) in [6.45, 7) is 4.22. The summed E-state index contributed by atoms with van der Waals surface area (Å²) in [5, 5.41) is 20.0. The van der Waals surface area contributed by atoms with Gasteiger partial charge in [-0.15, -0.1) is 0 Å². The normalized spacial score (nSPS) is 16.3. The molecule has 7 heterocycles. The highest BCUT2D eigenvalue weighted by molar-refractivity contribution is 6.25. The first-order valence-electron chi connectivity index (χ1n) is 22.2. The zero-order valence-electron chi connectivity index (χ0n) is 36.7. The first-order chi connectivity index (χ1) is 32.7. The van der Waals surface area contributed by atoms with E-state index in [9.17, 15) is 28.8 Å². The Morgan fingerprint density at radius 1 is 0.776 bits per heavy atom. The van der Waals surface area contributed by atoms with Gasteiger partial charge in [-0.05, 0) is 61.7 Å². The summed E-state index contributed by atoms with van der Waals surface area (Å²) in [5.41, 5.74) is 3.19. The first kappa shape index (κ1) is 46.3. The maximum Gasteiger partial charge on any atom is 0.275 e. The van der Waals surface area contributed by atoms with Crippen molar-refractivity contribution >= 4 is 46.9 Å². The minimum atomic E-state index is -1.03. The van der Waals surface area contributed by atoms with Crippen LogP contribution >= 0.6 is 0 Å². The number of aromatic nitrogens is 6. The van der Waals surface area contributed by atoms with Gasteiger partial charge in [0, 0.05) is 56.1 Å². The van der Waals surface area contributed by atoms with Gasteiger partial charge in [0.15, 0.2) is 5.82 Å². The molecule has 0 bridgehead atoms. The minimum absolute atomic E-state index is 0.0242. The number of hydrogen-bond acceptors (Lipinski definition) is 15. The maximum absolute atomic E-state index is 13.4. The van der Waals surface area contributed by atoms with E-state index in [4.69, 9.17) is 24.0 Å². The van der Waals surface area contributed by atoms with Crippen LogP contribution in [0.3, 0.4) is 0 Å². The number of H-pyrrole nitrogens is 1. The zero-order valence-corrected chi connectivity index (χ0v) is 36.7. The Kier molecular flexibility index (Phi) is 15.4. The Morgan fingerprint density at radius 2 is 1.52 bits per heavy atom. The van der Waals surface area contributed by atoms with Gasteiger partial charge in [0.2, 0.25) is 17.7 Å². The largest absolute Gasteiger partial charge is 0.382 e. The number of nitrogens with one attached hydrogen (secondary N) is 4. The van der Waals surface area contributed by atoms with Crippen LogP contribution < -0.4 is 16.0 Å². The van der Waals surface area contributed by atoms with Gasteiger partial charge in [0.1, 0.15) is 17.6 Å². The molecule has 0 spiro atoms. The van der Waals surface area contributed by atoms with Crippen molar-refractivity contribution in [2.75, 3.05) is 83.1 Å². The molecule has 3 aliphatic rings. The lowest BCUT2D eigenvalue weighted by molar-refractivity contribution is -0.136. The van der Waals surface area contributed by atoms with Crippen LogP contribution in [0.25, 0.3) is 17.2 Å². The number of amides is 6. The van der Waals surface area contributed by atoms with Crippen LogP contribution in [-0.2, 0) is 33.3 Å². The van der Waals surface area contributed by atoms with Gasteiger partial charge in [0.25, 0.3) is 17.7 Å². The van der Waals surface area contributed by atoms with Crippen LogP contribution in [0, 0.1) is 0 Å². The lowest BCUT2D eigenvalue weighted by Crippen LogP contribution is -2.54. The van der Waals surface area contributed by atoms with Crippen LogP contribution in [0.15, 0.2) is 79.1 Å². The average molecular weight is 918 g/mol. The molecule has 0 aliphatic carbocycles. The van der Waals surface area contributed by atoms with Crippen LogP contribution in [-0.4, -0.2) is 154 Å². The van der Waals surface area contributed by atoms with E-state index in [1.807, 2.05) is 29.2 Å². The highest BCUT2D eigenvalue weighted by atomic mass is 16.6. The Morgan fingerprint density at radius 3 is 2.24 bits per heavy atom. The standard InChI is InChI=1S/C46H51N11O10/c58-40-11-10-37(44(61)52-40)56-45(62)31-5-3-7-34(42(31)46(56)63)47-18-22-65-24-26-67-28-27-66-25-23-64-21-15-41(59)55-19-13-30(14-20-55)36-29-39(57(54-36)38-9-1-2-16-48-38)51-43(60)35-8-4-6-32(50-35)33-12-17-49-53-33/h1-9,12,16-17,29-30,37,47H,10-11,13-15,18-28H2,(H,49,53)(H,51,60)(H,52,58,61). The molecule has 4 N–H and O–H groups in total. The number of carbonyl (C=O) groups excluding carboxylic acids is 6. The molecule has 67 heavy (non-hydrogen) atoms. The van der Waals surface area contributed by atoms with Crippen LogP contribution in [0.1, 0.15) is 74.9 Å². The van der Waals surface area contributed by atoms with E-state index in [0.717, 1.165) is 10.6 Å². The van der Waals surface area contributed by atoms with Crippen molar-refractivity contribution in [3.63, 3.8) is 0 Å². The average Bonchev–Trinajstić information content (AvgIpc) is 4.10. The number of pyridine rings is 2. The number of carbonyl (C=O) groups is 6. The molecule has 21 heteroatoms. The third kappa shape index (κ3) is 11.4. The number of fused-ring (bicyclic) bond motifs is 1. The predicted octanol–water partition coefficient (Wildman–Crippen LogP) is 2.98. The topological polar surface area (TPSA) is 254 Å². The second-order valence-electron chi connectivity index (χ2n) is 15.8. The SMILES string of the molecule is O=C1CCC(N2C(=O)c3cccc(NCCOCCOCCOCCOCCC(=O)N4CCC(c5cc(NC(=O)c6cccc(-c7ccn[nH]7)n6)n(-c6ccccn6)n5)CC4)c3C2=O)C(=O)N1. The third-order valence-electron chi connectivity index (χ3n) is 11.5. The summed E-state index contributed by atoms with van der Waals surface area (Å²) in [7, 11) is 0. The smallest absolute Gasteiger partial charge is 0.275 e. The molecule has 1 aromatic carbocycles. The summed E-state index contributed by atoms with van der Waals surface area (Å²) in [4.78, 5) is 88.4. The second-order valence-corrected chi connectivity index (χ2v) is 15.8. The highest BCUT2D eigenvalue weighted by Crippen LogP contribution is 2.33. The van der Waals surface area contributed by atoms with Gasteiger partial charge < -0.3 is 34.5 Å². The Labute approximate surface area is 384 Å². The molecular formula is C46H51N11O10. The van der Waals surface area contributed by atoms with Crippen LogP contribution in [0.4, 0.5) is 11.5 Å². The molecule has 2 fully saturated rings. The van der Waals surface area contributed by atoms with E-state index < -0.39 is 35.6 Å². The summed E-state index contributed by atoms with van der Waals surface area (Å²) in [6.07, 6.45) is 5.12. The lowest BCUT2D eigenvalue weighted by atomic mass is 9.93. The number of benzene rings is 1. The van der Waals surface area contributed by atoms with Gasteiger partial charge in [0.05, 0.1) is 87.5 Å². The second kappa shape index (κ2) is 22.3. The number of imide groups is 2. The maximum atomic E-state index is 13.4. The van der Waals surface area contributed by atoms with E-state index in [1.54, 1.807) is 59.5 Å². The number of rotatable bonds is 22. The minimum Gasteiger partial charge on any atom is -0.382 e. The Hall–Kier alpha value is -7.20. The molecule has 1 atom stereocenters. The quantitative estimate of drug-likeness (QED) is 0.0575. The first-order valence-corrected chi connectivity index (χ1v) is 22.2. The monoisotopic (exact) mass is 917 g/mol. The molecule has 6 amide bonds. The number of likely N-dealkylation sites (tertiary alicyclic amines) is 1. The molecule has 350 valence electrons. The number of hydrogen-bond donors (Lipinski definition) is 4. The number of anilines is 2. The molecule has 8 rings (SSSR count).